The Hall–Kier alpha value is -3.28. The molecule has 6 nitrogen and oxygen atoms in total. The van der Waals surface area contributed by atoms with Gasteiger partial charge in [0.25, 0.3) is 0 Å². The van der Waals surface area contributed by atoms with Crippen LogP contribution >= 0.6 is 0 Å². The zero-order valence-electron chi connectivity index (χ0n) is 16.1. The van der Waals surface area contributed by atoms with Gasteiger partial charge in [0.2, 0.25) is 5.88 Å². The van der Waals surface area contributed by atoms with E-state index >= 15 is 0 Å². The molecular weight excluding hydrogens is 352 g/mol. The minimum absolute atomic E-state index is 0.0993. The Labute approximate surface area is 164 Å². The fourth-order valence-corrected chi connectivity index (χ4v) is 3.57. The Morgan fingerprint density at radius 1 is 1.18 bits per heavy atom. The lowest BCUT2D eigenvalue weighted by Gasteiger charge is -2.25. The van der Waals surface area contributed by atoms with Crippen molar-refractivity contribution >= 4 is 11.7 Å². The van der Waals surface area contributed by atoms with Gasteiger partial charge in [-0.05, 0) is 50.1 Å². The zero-order valence-corrected chi connectivity index (χ0v) is 16.1. The van der Waals surface area contributed by atoms with Gasteiger partial charge in [0.15, 0.2) is 0 Å². The van der Waals surface area contributed by atoms with E-state index in [9.17, 15) is 4.79 Å². The van der Waals surface area contributed by atoms with Crippen molar-refractivity contribution in [2.75, 3.05) is 11.9 Å². The van der Waals surface area contributed by atoms with Crippen molar-refractivity contribution in [3.8, 4) is 11.6 Å². The molecule has 6 heteroatoms. The number of nitrogens with zero attached hydrogens (tertiary/aromatic N) is 3. The smallest absolute Gasteiger partial charge is 0.322 e. The molecule has 1 N–H and O–H groups in total. The van der Waals surface area contributed by atoms with Crippen molar-refractivity contribution < 1.29 is 9.53 Å². The SMILES string of the molecule is Cc1ccc(Oc2ccc(NC(=O)N3CCC[C@H]3c3cccn3C)cn2)cc1. The molecule has 0 aliphatic carbocycles. The van der Waals surface area contributed by atoms with E-state index in [4.69, 9.17) is 4.74 Å². The predicted molar refractivity (Wildman–Crippen MR) is 109 cm³/mol. The number of amides is 2. The van der Waals surface area contributed by atoms with Crippen molar-refractivity contribution in [1.29, 1.82) is 0 Å². The fraction of sp³-hybridized carbons (Fsp3) is 0.273. The van der Waals surface area contributed by atoms with E-state index in [-0.39, 0.29) is 12.1 Å². The Bertz CT molecular complexity index is 947. The quantitative estimate of drug-likeness (QED) is 0.705. The molecule has 0 unspecified atom stereocenters. The summed E-state index contributed by atoms with van der Waals surface area (Å²) >= 11 is 0. The standard InChI is InChI=1S/C22H24N4O2/c1-16-7-10-18(11-8-16)28-21-12-9-17(15-23-21)24-22(27)26-14-4-6-20(26)19-5-3-13-25(19)2/h3,5,7-13,15,20H,4,6,14H2,1-2H3,(H,24,27)/t20-/m0/s1. The van der Waals surface area contributed by atoms with Crippen LogP contribution < -0.4 is 10.1 Å². The van der Waals surface area contributed by atoms with Crippen molar-refractivity contribution in [2.45, 2.75) is 25.8 Å². The van der Waals surface area contributed by atoms with Gasteiger partial charge in [-0.3, -0.25) is 0 Å². The molecular formula is C22H24N4O2. The number of hydrogen-bond acceptors (Lipinski definition) is 3. The second-order valence-electron chi connectivity index (χ2n) is 7.13. The highest BCUT2D eigenvalue weighted by atomic mass is 16.5. The van der Waals surface area contributed by atoms with E-state index in [2.05, 4.69) is 20.9 Å². The predicted octanol–water partition coefficient (Wildman–Crippen LogP) is 4.89. The van der Waals surface area contributed by atoms with Crippen LogP contribution in [-0.2, 0) is 7.05 Å². The molecule has 1 aliphatic heterocycles. The molecule has 4 rings (SSSR count). The summed E-state index contributed by atoms with van der Waals surface area (Å²) in [6.07, 6.45) is 5.62. The van der Waals surface area contributed by atoms with E-state index in [1.165, 1.54) is 5.56 Å². The lowest BCUT2D eigenvalue weighted by atomic mass is 10.1. The number of hydrogen-bond donors (Lipinski definition) is 1. The maximum Gasteiger partial charge on any atom is 0.322 e. The summed E-state index contributed by atoms with van der Waals surface area (Å²) in [5, 5.41) is 2.95. The van der Waals surface area contributed by atoms with Crippen LogP contribution in [0.4, 0.5) is 10.5 Å². The number of aromatic nitrogens is 2. The molecule has 0 spiro atoms. The van der Waals surface area contributed by atoms with Gasteiger partial charge >= 0.3 is 6.03 Å². The highest BCUT2D eigenvalue weighted by Crippen LogP contribution is 2.32. The number of likely N-dealkylation sites (tertiary alicyclic amines) is 1. The Balaban J connectivity index is 1.40. The van der Waals surface area contributed by atoms with Crippen LogP contribution in [0.2, 0.25) is 0 Å². The van der Waals surface area contributed by atoms with Crippen LogP contribution in [0.25, 0.3) is 0 Å². The molecule has 1 atom stereocenters. The lowest BCUT2D eigenvalue weighted by Crippen LogP contribution is -2.35. The average molecular weight is 376 g/mol. The number of benzene rings is 1. The van der Waals surface area contributed by atoms with Crippen LogP contribution in [0.3, 0.4) is 0 Å². The number of rotatable bonds is 4. The van der Waals surface area contributed by atoms with Gasteiger partial charge in [-0.25, -0.2) is 9.78 Å². The van der Waals surface area contributed by atoms with Gasteiger partial charge in [-0.2, -0.15) is 0 Å². The van der Waals surface area contributed by atoms with E-state index in [1.807, 2.05) is 61.5 Å². The highest BCUT2D eigenvalue weighted by molar-refractivity contribution is 5.89. The number of anilines is 1. The third-order valence-corrected chi connectivity index (χ3v) is 5.07. The number of pyridine rings is 1. The Kier molecular flexibility index (Phi) is 5.02. The first-order valence-electron chi connectivity index (χ1n) is 9.49. The zero-order chi connectivity index (χ0) is 19.5. The first kappa shape index (κ1) is 18.1. The largest absolute Gasteiger partial charge is 0.439 e. The van der Waals surface area contributed by atoms with Gasteiger partial charge in [-0.15, -0.1) is 0 Å². The van der Waals surface area contributed by atoms with Crippen LogP contribution in [-0.4, -0.2) is 27.0 Å². The van der Waals surface area contributed by atoms with E-state index in [1.54, 1.807) is 12.3 Å². The number of carbonyl (C=O) groups excluding carboxylic acids is 1. The Morgan fingerprint density at radius 2 is 2.00 bits per heavy atom. The van der Waals surface area contributed by atoms with Crippen LogP contribution in [0.1, 0.15) is 30.1 Å². The molecule has 1 saturated heterocycles. The molecule has 3 aromatic rings. The third-order valence-electron chi connectivity index (χ3n) is 5.07. The van der Waals surface area contributed by atoms with Crippen molar-refractivity contribution in [1.82, 2.24) is 14.5 Å². The monoisotopic (exact) mass is 376 g/mol. The minimum Gasteiger partial charge on any atom is -0.439 e. The molecule has 28 heavy (non-hydrogen) atoms. The maximum atomic E-state index is 12.8. The van der Waals surface area contributed by atoms with E-state index in [0.717, 1.165) is 30.8 Å². The normalized spacial score (nSPS) is 16.2. The number of carbonyl (C=O) groups is 1. The number of urea groups is 1. The van der Waals surface area contributed by atoms with E-state index in [0.29, 0.717) is 11.6 Å². The summed E-state index contributed by atoms with van der Waals surface area (Å²) in [4.78, 5) is 19.0. The Morgan fingerprint density at radius 3 is 2.68 bits per heavy atom. The summed E-state index contributed by atoms with van der Waals surface area (Å²) < 4.78 is 7.81. The molecule has 0 radical (unpaired) electrons. The highest BCUT2D eigenvalue weighted by Gasteiger charge is 2.31. The maximum absolute atomic E-state index is 12.8. The third kappa shape index (κ3) is 3.86. The summed E-state index contributed by atoms with van der Waals surface area (Å²) in [5.74, 6) is 1.22. The number of aryl methyl sites for hydroxylation is 2. The van der Waals surface area contributed by atoms with Crippen molar-refractivity contribution in [2.24, 2.45) is 7.05 Å². The minimum atomic E-state index is -0.0993. The first-order valence-corrected chi connectivity index (χ1v) is 9.49. The molecule has 0 saturated carbocycles. The number of nitrogens with one attached hydrogen (secondary N) is 1. The fourth-order valence-electron chi connectivity index (χ4n) is 3.57. The number of ether oxygens (including phenoxy) is 1. The molecule has 1 aromatic carbocycles. The molecule has 2 amide bonds. The second-order valence-corrected chi connectivity index (χ2v) is 7.13. The van der Waals surface area contributed by atoms with Crippen LogP contribution in [0.15, 0.2) is 60.9 Å². The summed E-state index contributed by atoms with van der Waals surface area (Å²) in [5.41, 5.74) is 2.99. The molecule has 3 heterocycles. The first-order chi connectivity index (χ1) is 13.6. The molecule has 0 bridgehead atoms. The summed E-state index contributed by atoms with van der Waals surface area (Å²) in [6, 6.07) is 15.5. The van der Waals surface area contributed by atoms with Gasteiger partial charge < -0.3 is 19.5 Å². The van der Waals surface area contributed by atoms with Crippen molar-refractivity contribution in [3.63, 3.8) is 0 Å². The molecule has 1 fully saturated rings. The summed E-state index contributed by atoms with van der Waals surface area (Å²) in [6.45, 7) is 2.78. The lowest BCUT2D eigenvalue weighted by molar-refractivity contribution is 0.205. The molecule has 2 aromatic heterocycles. The van der Waals surface area contributed by atoms with Gasteiger partial charge in [0.05, 0.1) is 17.9 Å². The summed E-state index contributed by atoms with van der Waals surface area (Å²) in [7, 11) is 2.01. The average Bonchev–Trinajstić information content (AvgIpc) is 3.33. The second kappa shape index (κ2) is 7.76. The molecule has 1 aliphatic rings. The van der Waals surface area contributed by atoms with Gasteiger partial charge in [-0.1, -0.05) is 17.7 Å². The van der Waals surface area contributed by atoms with Gasteiger partial charge in [0, 0.05) is 31.5 Å². The van der Waals surface area contributed by atoms with Crippen molar-refractivity contribution in [3.05, 3.63) is 72.2 Å². The molecule has 144 valence electrons. The topological polar surface area (TPSA) is 59.4 Å². The van der Waals surface area contributed by atoms with Crippen LogP contribution in [0.5, 0.6) is 11.6 Å². The van der Waals surface area contributed by atoms with Crippen LogP contribution in [0, 0.1) is 6.92 Å². The van der Waals surface area contributed by atoms with E-state index < -0.39 is 0 Å². The van der Waals surface area contributed by atoms with Gasteiger partial charge in [0.1, 0.15) is 5.75 Å².